The van der Waals surface area contributed by atoms with E-state index < -0.39 is 11.9 Å². The highest BCUT2D eigenvalue weighted by molar-refractivity contribution is 6.10. The maximum Gasteiger partial charge on any atom is 0.343 e. The van der Waals surface area contributed by atoms with Gasteiger partial charge in [0.1, 0.15) is 11.4 Å². The second-order valence-corrected chi connectivity index (χ2v) is 9.68. The van der Waals surface area contributed by atoms with Crippen molar-refractivity contribution in [2.45, 2.75) is 13.8 Å². The molecule has 1 aromatic heterocycles. The summed E-state index contributed by atoms with van der Waals surface area (Å²) in [5.41, 5.74) is 6.27. The van der Waals surface area contributed by atoms with Crippen molar-refractivity contribution in [3.63, 3.8) is 0 Å². The molecular weight excluding hydrogens is 574 g/mol. The lowest BCUT2D eigenvalue weighted by Crippen LogP contribution is -2.18. The molecule has 0 fully saturated rings. The minimum absolute atomic E-state index is 0.219. The Labute approximate surface area is 260 Å². The van der Waals surface area contributed by atoms with Gasteiger partial charge in [-0.05, 0) is 79.6 Å². The Kier molecular flexibility index (Phi) is 9.64. The number of carbonyl (C=O) groups is 2. The van der Waals surface area contributed by atoms with Gasteiger partial charge in [0.25, 0.3) is 5.91 Å². The number of ether oxygens (including phenoxy) is 5. The van der Waals surface area contributed by atoms with Gasteiger partial charge in [-0.2, -0.15) is 5.10 Å². The zero-order valence-corrected chi connectivity index (χ0v) is 25.4. The summed E-state index contributed by atoms with van der Waals surface area (Å²) in [4.78, 5) is 29.5. The van der Waals surface area contributed by atoms with Gasteiger partial charge in [-0.25, -0.2) is 10.2 Å². The number of nitrogens with zero attached hydrogens (tertiary/aromatic N) is 1. The number of aromatic amines is 1. The number of hydrogen-bond donors (Lipinski definition) is 2. The van der Waals surface area contributed by atoms with Crippen LogP contribution >= 0.6 is 0 Å². The van der Waals surface area contributed by atoms with Crippen LogP contribution in [-0.2, 0) is 0 Å². The number of carbonyl (C=O) groups excluding carboxylic acids is 2. The normalized spacial score (nSPS) is 10.9. The Bertz CT molecular complexity index is 1850. The fraction of sp³-hybridized carbons (Fsp3) is 0.171. The predicted molar refractivity (Wildman–Crippen MR) is 172 cm³/mol. The minimum Gasteiger partial charge on any atom is -0.497 e. The van der Waals surface area contributed by atoms with Crippen LogP contribution in [0.2, 0.25) is 0 Å². The maximum absolute atomic E-state index is 13.3. The number of fused-ring (bicyclic) bond motifs is 1. The average molecular weight is 608 g/mol. The van der Waals surface area contributed by atoms with Gasteiger partial charge in [0.2, 0.25) is 0 Å². The van der Waals surface area contributed by atoms with Crippen LogP contribution in [0.4, 0.5) is 0 Å². The smallest absolute Gasteiger partial charge is 0.343 e. The molecule has 0 spiro atoms. The van der Waals surface area contributed by atoms with Crippen LogP contribution in [0.3, 0.4) is 0 Å². The van der Waals surface area contributed by atoms with Gasteiger partial charge in [-0.3, -0.25) is 4.79 Å². The molecule has 5 rings (SSSR count). The third kappa shape index (κ3) is 6.91. The van der Waals surface area contributed by atoms with Crippen LogP contribution in [0.1, 0.15) is 40.3 Å². The second kappa shape index (κ2) is 14.1. The molecular formula is C35H33N3O7. The van der Waals surface area contributed by atoms with Gasteiger partial charge in [-0.1, -0.05) is 30.3 Å². The van der Waals surface area contributed by atoms with Crippen molar-refractivity contribution in [3.05, 3.63) is 102 Å². The van der Waals surface area contributed by atoms with Crippen molar-refractivity contribution < 1.29 is 33.3 Å². The average Bonchev–Trinajstić information content (AvgIpc) is 3.45. The number of rotatable bonds is 12. The molecule has 45 heavy (non-hydrogen) atoms. The number of nitrogens with one attached hydrogen (secondary N) is 2. The first-order valence-corrected chi connectivity index (χ1v) is 14.3. The van der Waals surface area contributed by atoms with Crippen molar-refractivity contribution in [2.24, 2.45) is 5.10 Å². The molecule has 0 aliphatic rings. The monoisotopic (exact) mass is 607 g/mol. The maximum atomic E-state index is 13.3. The van der Waals surface area contributed by atoms with Gasteiger partial charge >= 0.3 is 5.97 Å². The van der Waals surface area contributed by atoms with Crippen LogP contribution in [0, 0.1) is 0 Å². The Hall–Kier alpha value is -5.77. The van der Waals surface area contributed by atoms with E-state index in [1.165, 1.54) is 13.3 Å². The van der Waals surface area contributed by atoms with Crippen LogP contribution in [-0.4, -0.2) is 50.5 Å². The number of hydrogen-bond acceptors (Lipinski definition) is 8. The van der Waals surface area contributed by atoms with Gasteiger partial charge in [0, 0.05) is 16.5 Å². The fourth-order valence-electron chi connectivity index (χ4n) is 4.78. The van der Waals surface area contributed by atoms with E-state index >= 15 is 0 Å². The molecule has 0 bridgehead atoms. The molecule has 1 amide bonds. The molecule has 0 aliphatic carbocycles. The van der Waals surface area contributed by atoms with Crippen molar-refractivity contribution >= 4 is 29.0 Å². The van der Waals surface area contributed by atoms with E-state index in [4.69, 9.17) is 23.7 Å². The van der Waals surface area contributed by atoms with Gasteiger partial charge < -0.3 is 28.7 Å². The number of aromatic nitrogens is 1. The molecule has 0 atom stereocenters. The highest BCUT2D eigenvalue weighted by Gasteiger charge is 2.20. The summed E-state index contributed by atoms with van der Waals surface area (Å²) in [5.74, 6) is 1.21. The quantitative estimate of drug-likeness (QED) is 0.0707. The second-order valence-electron chi connectivity index (χ2n) is 9.68. The molecule has 10 heteroatoms. The first-order valence-electron chi connectivity index (χ1n) is 14.3. The minimum atomic E-state index is -0.587. The summed E-state index contributed by atoms with van der Waals surface area (Å²) >= 11 is 0. The van der Waals surface area contributed by atoms with E-state index in [1.807, 2.05) is 62.4 Å². The molecule has 0 saturated heterocycles. The van der Waals surface area contributed by atoms with E-state index in [2.05, 4.69) is 15.5 Å². The van der Waals surface area contributed by atoms with Gasteiger partial charge in [0.05, 0.1) is 39.2 Å². The van der Waals surface area contributed by atoms with E-state index in [9.17, 15) is 9.59 Å². The molecule has 4 aromatic carbocycles. The third-order valence-electron chi connectivity index (χ3n) is 6.84. The third-order valence-corrected chi connectivity index (χ3v) is 6.84. The molecule has 1 heterocycles. The van der Waals surface area contributed by atoms with Gasteiger partial charge in [0.15, 0.2) is 23.0 Å². The summed E-state index contributed by atoms with van der Waals surface area (Å²) < 4.78 is 27.7. The molecule has 2 N–H and O–H groups in total. The Balaban J connectivity index is 1.32. The standard InChI is InChI=1S/C35H33N3O7/c1-5-43-28-17-13-24(19-31(28)44-6-2)35(40)45-29-16-12-22(18-30(29)42-4)21-36-38-34(39)33-32(23-10-8-7-9-11-23)26-20-25(41-3)14-15-27(26)37-33/h7-21,37H,5-6H2,1-4H3,(H,38,39). The molecule has 0 unspecified atom stereocenters. The van der Waals surface area contributed by atoms with Crippen LogP contribution < -0.4 is 29.1 Å². The lowest BCUT2D eigenvalue weighted by Gasteiger charge is -2.13. The largest absolute Gasteiger partial charge is 0.497 e. The Morgan fingerprint density at radius 1 is 0.800 bits per heavy atom. The van der Waals surface area contributed by atoms with Crippen molar-refractivity contribution in [3.8, 4) is 39.9 Å². The number of esters is 1. The fourth-order valence-corrected chi connectivity index (χ4v) is 4.78. The van der Waals surface area contributed by atoms with E-state index in [-0.39, 0.29) is 5.75 Å². The zero-order chi connectivity index (χ0) is 31.8. The molecule has 5 aromatic rings. The van der Waals surface area contributed by atoms with Crippen LogP contribution in [0.5, 0.6) is 28.7 Å². The number of amides is 1. The van der Waals surface area contributed by atoms with E-state index in [0.29, 0.717) is 53.0 Å². The molecule has 0 saturated carbocycles. The lowest BCUT2D eigenvalue weighted by molar-refractivity contribution is 0.0728. The summed E-state index contributed by atoms with van der Waals surface area (Å²) in [6.07, 6.45) is 1.47. The van der Waals surface area contributed by atoms with Crippen molar-refractivity contribution in [1.29, 1.82) is 0 Å². The molecule has 0 aliphatic heterocycles. The number of hydrazone groups is 1. The first-order chi connectivity index (χ1) is 21.9. The number of benzene rings is 4. The number of H-pyrrole nitrogens is 1. The molecule has 230 valence electrons. The topological polar surface area (TPSA) is 120 Å². The van der Waals surface area contributed by atoms with E-state index in [1.54, 1.807) is 43.5 Å². The Morgan fingerprint density at radius 2 is 1.56 bits per heavy atom. The summed E-state index contributed by atoms with van der Waals surface area (Å²) in [6, 6.07) is 25.0. The first kappa shape index (κ1) is 30.7. The molecule has 0 radical (unpaired) electrons. The Morgan fingerprint density at radius 3 is 2.29 bits per heavy atom. The zero-order valence-electron chi connectivity index (χ0n) is 25.4. The van der Waals surface area contributed by atoms with E-state index in [0.717, 1.165) is 22.0 Å². The highest BCUT2D eigenvalue weighted by atomic mass is 16.6. The van der Waals surface area contributed by atoms with Crippen LogP contribution in [0.15, 0.2) is 90.0 Å². The summed E-state index contributed by atoms with van der Waals surface area (Å²) in [5, 5.41) is 5.01. The SMILES string of the molecule is CCOc1ccc(C(=O)Oc2ccc(C=NNC(=O)c3[nH]c4ccc(OC)cc4c3-c3ccccc3)cc2OC)cc1OCC. The number of methoxy groups -OCH3 is 2. The van der Waals surface area contributed by atoms with Crippen molar-refractivity contribution in [1.82, 2.24) is 10.4 Å². The predicted octanol–water partition coefficient (Wildman–Crippen LogP) is 6.63. The molecule has 10 nitrogen and oxygen atoms in total. The summed E-state index contributed by atoms with van der Waals surface area (Å²) in [7, 11) is 3.07. The lowest BCUT2D eigenvalue weighted by atomic mass is 10.0. The van der Waals surface area contributed by atoms with Crippen LogP contribution in [0.25, 0.3) is 22.0 Å². The summed E-state index contributed by atoms with van der Waals surface area (Å²) in [6.45, 7) is 4.61. The van der Waals surface area contributed by atoms with Crippen molar-refractivity contribution in [2.75, 3.05) is 27.4 Å². The van der Waals surface area contributed by atoms with Gasteiger partial charge in [-0.15, -0.1) is 0 Å². The highest BCUT2D eigenvalue weighted by Crippen LogP contribution is 2.35.